The number of aromatic nitrogens is 4. The van der Waals surface area contributed by atoms with Gasteiger partial charge in [0.05, 0.1) is 10.6 Å². The van der Waals surface area contributed by atoms with E-state index < -0.39 is 10.8 Å². The first-order valence-electron chi connectivity index (χ1n) is 9.07. The van der Waals surface area contributed by atoms with Gasteiger partial charge in [-0.1, -0.05) is 29.8 Å². The highest BCUT2D eigenvalue weighted by molar-refractivity contribution is 7.15. The van der Waals surface area contributed by atoms with Gasteiger partial charge in [-0.05, 0) is 30.7 Å². The van der Waals surface area contributed by atoms with Gasteiger partial charge in [-0.3, -0.25) is 20.2 Å². The lowest BCUT2D eigenvalue weighted by atomic mass is 10.1. The Labute approximate surface area is 185 Å². The summed E-state index contributed by atoms with van der Waals surface area (Å²) in [5, 5.41) is 19.2. The third kappa shape index (κ3) is 4.44. The first kappa shape index (κ1) is 20.6. The Bertz CT molecular complexity index is 1270. The molecule has 0 saturated carbocycles. The number of rotatable bonds is 6. The Kier molecular flexibility index (Phi) is 5.74. The lowest BCUT2D eigenvalue weighted by Crippen LogP contribution is -2.13. The topological polar surface area (TPSA) is 116 Å². The summed E-state index contributed by atoms with van der Waals surface area (Å²) in [5.41, 5.74) is 1.84. The van der Waals surface area contributed by atoms with Crippen molar-refractivity contribution in [1.29, 1.82) is 0 Å². The quantitative estimate of drug-likeness (QED) is 0.340. The highest BCUT2D eigenvalue weighted by Gasteiger charge is 2.20. The number of carbonyl (C=O) groups is 1. The fraction of sp³-hybridized carbons (Fsp3) is 0.100. The van der Waals surface area contributed by atoms with Crippen LogP contribution in [-0.4, -0.2) is 30.6 Å². The molecule has 0 unspecified atom stereocenters. The second-order valence-electron chi connectivity index (χ2n) is 6.55. The van der Waals surface area contributed by atoms with Crippen molar-refractivity contribution in [2.45, 2.75) is 13.3 Å². The number of nitro benzene ring substituents is 1. The summed E-state index contributed by atoms with van der Waals surface area (Å²) >= 11 is 7.58. The fourth-order valence-corrected chi connectivity index (χ4v) is 4.15. The second-order valence-corrected chi connectivity index (χ2v) is 8.04. The Morgan fingerprint density at radius 2 is 2.10 bits per heavy atom. The van der Waals surface area contributed by atoms with Crippen LogP contribution in [0, 0.1) is 17.0 Å². The molecule has 0 spiro atoms. The van der Waals surface area contributed by atoms with Crippen LogP contribution in [0.5, 0.6) is 0 Å². The normalized spacial score (nSPS) is 10.8. The number of nitro groups is 1. The first-order chi connectivity index (χ1) is 14.9. The summed E-state index contributed by atoms with van der Waals surface area (Å²) in [5.74, 6) is -0.494. The summed E-state index contributed by atoms with van der Waals surface area (Å²) < 4.78 is 1.27. The van der Waals surface area contributed by atoms with Crippen LogP contribution >= 0.6 is 22.9 Å². The number of hydrogen-bond donors (Lipinski definition) is 1. The molecular formula is C20H15ClN6O3S. The summed E-state index contributed by atoms with van der Waals surface area (Å²) in [6.45, 7) is 1.86. The molecule has 0 radical (unpaired) electrons. The minimum atomic E-state index is -0.566. The van der Waals surface area contributed by atoms with Gasteiger partial charge in [-0.2, -0.15) is 5.10 Å². The molecule has 0 atom stereocenters. The molecule has 0 saturated heterocycles. The minimum Gasteiger partial charge on any atom is -0.298 e. The molecule has 0 aliphatic rings. The number of nitrogens with zero attached hydrogens (tertiary/aromatic N) is 5. The number of halogens is 1. The van der Waals surface area contributed by atoms with Gasteiger partial charge in [-0.25, -0.2) is 14.6 Å². The Balaban J connectivity index is 1.55. The summed E-state index contributed by atoms with van der Waals surface area (Å²) in [4.78, 5) is 32.8. The number of carbonyl (C=O) groups excluding carboxylic acids is 1. The summed E-state index contributed by atoms with van der Waals surface area (Å²) in [6, 6.07) is 11.7. The number of amides is 1. The third-order valence-corrected chi connectivity index (χ3v) is 5.96. The molecule has 9 nitrogen and oxygen atoms in total. The smallest absolute Gasteiger partial charge is 0.295 e. The van der Waals surface area contributed by atoms with Crippen LogP contribution in [0.2, 0.25) is 5.02 Å². The maximum atomic E-state index is 12.7. The molecule has 2 heterocycles. The second kappa shape index (κ2) is 8.62. The highest BCUT2D eigenvalue weighted by atomic mass is 35.5. The van der Waals surface area contributed by atoms with E-state index in [0.717, 1.165) is 16.1 Å². The van der Waals surface area contributed by atoms with E-state index >= 15 is 0 Å². The molecular weight excluding hydrogens is 440 g/mol. The predicted octanol–water partition coefficient (Wildman–Crippen LogP) is 4.44. The van der Waals surface area contributed by atoms with Gasteiger partial charge in [-0.15, -0.1) is 11.3 Å². The lowest BCUT2D eigenvalue weighted by Gasteiger charge is -2.05. The van der Waals surface area contributed by atoms with Crippen LogP contribution in [0.15, 0.2) is 55.1 Å². The van der Waals surface area contributed by atoms with E-state index in [1.165, 1.54) is 46.9 Å². The molecule has 2 aromatic carbocycles. The van der Waals surface area contributed by atoms with Crippen LogP contribution < -0.4 is 5.32 Å². The average molecular weight is 455 g/mol. The zero-order chi connectivity index (χ0) is 22.0. The summed E-state index contributed by atoms with van der Waals surface area (Å²) in [7, 11) is 0. The number of benzene rings is 2. The zero-order valence-electron chi connectivity index (χ0n) is 16.2. The van der Waals surface area contributed by atoms with Crippen molar-refractivity contribution in [1.82, 2.24) is 19.7 Å². The molecule has 11 heteroatoms. The van der Waals surface area contributed by atoms with Gasteiger partial charge in [0, 0.05) is 28.0 Å². The van der Waals surface area contributed by atoms with E-state index in [4.69, 9.17) is 11.6 Å². The van der Waals surface area contributed by atoms with Crippen molar-refractivity contribution in [3.8, 4) is 5.69 Å². The minimum absolute atomic E-state index is 0.135. The number of nitrogens with one attached hydrogen (secondary N) is 1. The average Bonchev–Trinajstić information content (AvgIpc) is 3.39. The van der Waals surface area contributed by atoms with Crippen molar-refractivity contribution in [2.75, 3.05) is 5.32 Å². The third-order valence-electron chi connectivity index (χ3n) is 4.52. The lowest BCUT2D eigenvalue weighted by molar-refractivity contribution is -0.384. The molecule has 0 aliphatic heterocycles. The highest BCUT2D eigenvalue weighted by Crippen LogP contribution is 2.29. The van der Waals surface area contributed by atoms with Gasteiger partial charge < -0.3 is 0 Å². The Morgan fingerprint density at radius 3 is 2.81 bits per heavy atom. The van der Waals surface area contributed by atoms with E-state index in [1.54, 1.807) is 0 Å². The van der Waals surface area contributed by atoms with Gasteiger partial charge in [0.25, 0.3) is 11.6 Å². The molecule has 0 bridgehead atoms. The molecule has 156 valence electrons. The van der Waals surface area contributed by atoms with Gasteiger partial charge in [0.2, 0.25) is 0 Å². The van der Waals surface area contributed by atoms with Crippen LogP contribution in [-0.2, 0) is 6.42 Å². The largest absolute Gasteiger partial charge is 0.298 e. The van der Waals surface area contributed by atoms with Crippen LogP contribution in [0.4, 0.5) is 10.8 Å². The predicted molar refractivity (Wildman–Crippen MR) is 117 cm³/mol. The molecule has 1 amide bonds. The van der Waals surface area contributed by atoms with E-state index in [-0.39, 0.29) is 16.9 Å². The molecule has 1 N–H and O–H groups in total. The number of aryl methyl sites for hydroxylation is 1. The molecule has 2 aromatic heterocycles. The Morgan fingerprint density at radius 1 is 1.29 bits per heavy atom. The van der Waals surface area contributed by atoms with Gasteiger partial charge in [0.1, 0.15) is 18.3 Å². The van der Waals surface area contributed by atoms with Crippen molar-refractivity contribution < 1.29 is 9.72 Å². The maximum Gasteiger partial charge on any atom is 0.295 e. The van der Waals surface area contributed by atoms with Crippen molar-refractivity contribution in [3.63, 3.8) is 0 Å². The fourth-order valence-electron chi connectivity index (χ4n) is 2.97. The standard InChI is InChI=1S/C20H15ClN6O3S/c1-12-18(9-13-4-2-3-5-15(13)21)31-20(24-12)25-19(28)14-6-7-16(17(8-14)27(29)30)26-11-22-10-23-26/h2-8,10-11H,9H2,1H3,(H,24,25,28). The van der Waals surface area contributed by atoms with E-state index in [0.29, 0.717) is 16.6 Å². The van der Waals surface area contributed by atoms with Crippen LogP contribution in [0.3, 0.4) is 0 Å². The monoisotopic (exact) mass is 454 g/mol. The number of hydrogen-bond acceptors (Lipinski definition) is 7. The maximum absolute atomic E-state index is 12.7. The zero-order valence-corrected chi connectivity index (χ0v) is 17.7. The summed E-state index contributed by atoms with van der Waals surface area (Å²) in [6.07, 6.45) is 3.22. The molecule has 0 fully saturated rings. The van der Waals surface area contributed by atoms with Gasteiger partial charge >= 0.3 is 0 Å². The van der Waals surface area contributed by atoms with Crippen LogP contribution in [0.1, 0.15) is 26.5 Å². The van der Waals surface area contributed by atoms with E-state index in [2.05, 4.69) is 20.4 Å². The van der Waals surface area contributed by atoms with Crippen molar-refractivity contribution in [2.24, 2.45) is 0 Å². The molecule has 4 rings (SSSR count). The van der Waals surface area contributed by atoms with E-state index in [9.17, 15) is 14.9 Å². The number of anilines is 1. The first-order valence-corrected chi connectivity index (χ1v) is 10.3. The van der Waals surface area contributed by atoms with Crippen molar-refractivity contribution in [3.05, 3.63) is 92.0 Å². The molecule has 31 heavy (non-hydrogen) atoms. The molecule has 0 aliphatic carbocycles. The molecule has 4 aromatic rings. The van der Waals surface area contributed by atoms with E-state index in [1.807, 2.05) is 31.2 Å². The SMILES string of the molecule is Cc1nc(NC(=O)c2ccc(-n3cncn3)c([N+](=O)[O-])c2)sc1Cc1ccccc1Cl. The van der Waals surface area contributed by atoms with Gasteiger partial charge in [0.15, 0.2) is 5.13 Å². The van der Waals surface area contributed by atoms with Crippen LogP contribution in [0.25, 0.3) is 5.69 Å². The Hall–Kier alpha value is -3.63. The number of thiazole rings is 1. The van der Waals surface area contributed by atoms with Crippen molar-refractivity contribution >= 4 is 39.7 Å².